The molecular weight excluding hydrogens is 1040 g/mol. The van der Waals surface area contributed by atoms with Gasteiger partial charge in [-0.1, -0.05) is 59.3 Å². The van der Waals surface area contributed by atoms with Crippen LogP contribution in [0.4, 0.5) is 3.89 Å². The molecule has 0 amide bonds. The number of rotatable bonds is 18. The first-order valence-electron chi connectivity index (χ1n) is 28.1. The van der Waals surface area contributed by atoms with Crippen molar-refractivity contribution >= 4 is 51.4 Å². The molecule has 19 heteroatoms. The van der Waals surface area contributed by atoms with Gasteiger partial charge in [0, 0.05) is 55.5 Å². The van der Waals surface area contributed by atoms with Gasteiger partial charge in [-0.25, -0.2) is 0 Å². The third-order valence-electron chi connectivity index (χ3n) is 17.5. The van der Waals surface area contributed by atoms with Crippen molar-refractivity contribution in [2.75, 3.05) is 26.1 Å². The first-order chi connectivity index (χ1) is 33.4. The van der Waals surface area contributed by atoms with Crippen molar-refractivity contribution in [2.24, 2.45) is 53.3 Å². The zero-order chi connectivity index (χ0) is 54.5. The fraction of sp³-hybridized carbons (Fsp3) is 0.945. The van der Waals surface area contributed by atoms with Crippen molar-refractivity contribution in [3.05, 3.63) is 0 Å². The van der Waals surface area contributed by atoms with Gasteiger partial charge in [-0.15, -0.1) is 0 Å². The van der Waals surface area contributed by atoms with Gasteiger partial charge in [0.05, 0.1) is 71.2 Å². The molecule has 12 nitrogen and oxygen atoms in total. The van der Waals surface area contributed by atoms with Gasteiger partial charge >= 0.3 is 39.3 Å². The number of carbonyl (C=O) groups excluding carboxylic acids is 3. The molecule has 0 aromatic rings. The van der Waals surface area contributed by atoms with Crippen LogP contribution in [0.3, 0.4) is 0 Å². The molecule has 3 saturated heterocycles. The van der Waals surface area contributed by atoms with Gasteiger partial charge in [0.15, 0.2) is 0 Å². The second-order valence-electron chi connectivity index (χ2n) is 25.1. The summed E-state index contributed by atoms with van der Waals surface area (Å²) in [7, 11) is -0.375. The van der Waals surface area contributed by atoms with E-state index in [1.165, 1.54) is 6.26 Å². The monoisotopic (exact) mass is 1140 g/mol. The number of hydrogen-bond donors (Lipinski definition) is 0. The molecular formula is C55H102B3FO12SV2. The topological polar surface area (TPSA) is 134 Å². The summed E-state index contributed by atoms with van der Waals surface area (Å²) >= 11 is 0.250. The Morgan fingerprint density at radius 3 is 0.811 bits per heavy atom. The van der Waals surface area contributed by atoms with E-state index in [0.29, 0.717) is 55.3 Å². The van der Waals surface area contributed by atoms with Gasteiger partial charge in [0.2, 0.25) is 0 Å². The molecule has 0 aromatic carbocycles. The standard InChI is InChI=1S/3C18H33BO4.CH3FS.2V/c3*1-7-21-16(20)15-12-13(2)11-14(15)9-8-10-19-22-17(3,4)18(5,6)23-19;1-3-2;;/h3*13-15H,7-12H2,1-6H3;1H3;;. The summed E-state index contributed by atoms with van der Waals surface area (Å²) < 4.78 is 62.3. The zero-order valence-corrected chi connectivity index (χ0v) is 53.3. The van der Waals surface area contributed by atoms with E-state index in [9.17, 15) is 18.3 Å². The number of hydrogen-bond acceptors (Lipinski definition) is 13. The second kappa shape index (κ2) is 31.7. The Morgan fingerprint density at radius 2 is 0.635 bits per heavy atom. The van der Waals surface area contributed by atoms with Gasteiger partial charge < -0.3 is 42.1 Å². The zero-order valence-electron chi connectivity index (χ0n) is 49.7. The summed E-state index contributed by atoms with van der Waals surface area (Å²) in [5.41, 5.74) is -1.54. The summed E-state index contributed by atoms with van der Waals surface area (Å²) in [6.45, 7) is 38.8. The van der Waals surface area contributed by atoms with Gasteiger partial charge in [0.1, 0.15) is 0 Å². The Bertz CT molecular complexity index is 1450. The minimum absolute atomic E-state index is 0. The third kappa shape index (κ3) is 20.7. The van der Waals surface area contributed by atoms with E-state index in [1.807, 2.05) is 20.8 Å². The van der Waals surface area contributed by atoms with E-state index < -0.39 is 0 Å². The van der Waals surface area contributed by atoms with Crippen LogP contribution in [0, 0.1) is 53.3 Å². The molecule has 3 aliphatic carbocycles. The van der Waals surface area contributed by atoms with Crippen LogP contribution in [0.1, 0.15) is 202 Å². The Morgan fingerprint density at radius 1 is 0.446 bits per heavy atom. The second-order valence-corrected chi connectivity index (χ2v) is 25.4. The summed E-state index contributed by atoms with van der Waals surface area (Å²) in [5.74, 6) is 3.45. The molecule has 0 bridgehead atoms. The third-order valence-corrected chi connectivity index (χ3v) is 17.5. The molecule has 3 aliphatic heterocycles. The molecule has 6 aliphatic rings. The first kappa shape index (κ1) is 71.8. The number of carbonyl (C=O) groups is 3. The maximum atomic E-state index is 12.1. The van der Waals surface area contributed by atoms with Crippen molar-refractivity contribution in [3.8, 4) is 0 Å². The predicted molar refractivity (Wildman–Crippen MR) is 291 cm³/mol. The molecule has 74 heavy (non-hydrogen) atoms. The summed E-state index contributed by atoms with van der Waals surface area (Å²) in [5, 5.41) is 0. The largest absolute Gasteiger partial charge is 0.466 e. The van der Waals surface area contributed by atoms with E-state index in [-0.39, 0.29) is 140 Å². The van der Waals surface area contributed by atoms with Crippen molar-refractivity contribution in [2.45, 2.75) is 254 Å². The van der Waals surface area contributed by atoms with E-state index in [4.69, 9.17) is 42.1 Å². The fourth-order valence-electron chi connectivity index (χ4n) is 11.7. The maximum absolute atomic E-state index is 12.1. The van der Waals surface area contributed by atoms with Crippen LogP contribution in [0.25, 0.3) is 0 Å². The predicted octanol–water partition coefficient (Wildman–Crippen LogP) is 13.5. The van der Waals surface area contributed by atoms with E-state index in [1.54, 1.807) is 0 Å². The Hall–Kier alpha value is -0.186. The van der Waals surface area contributed by atoms with E-state index in [2.05, 4.69) is 104 Å². The average Bonchev–Trinajstić information content (AvgIpc) is 4.06. The normalized spacial score (nSPS) is 30.3. The average molecular weight is 1140 g/mol. The van der Waals surface area contributed by atoms with Crippen molar-refractivity contribution in [3.63, 3.8) is 0 Å². The van der Waals surface area contributed by atoms with Crippen LogP contribution >= 0.6 is 12.1 Å². The first-order valence-corrected chi connectivity index (χ1v) is 29.2. The van der Waals surface area contributed by atoms with Gasteiger partial charge in [-0.3, -0.25) is 14.4 Å². The summed E-state index contributed by atoms with van der Waals surface area (Å²) in [6, 6.07) is 0. The molecule has 0 N–H and O–H groups in total. The SMILES string of the molecule is CCOC(=O)C1CC(C)CC1CCCB1OC(C)(C)C(C)(C)O1.CCOC(=O)C1CC(C)CC1CCCB1OC(C)(C)C(C)(C)O1.CCOC(=O)C1CC(C)CC1CCCB1OC(C)(C)C(C)(C)O1.CSF.[V].[V]. The van der Waals surface area contributed by atoms with Crippen molar-refractivity contribution in [1.29, 1.82) is 0 Å². The number of esters is 3. The molecule has 9 unspecified atom stereocenters. The van der Waals surface area contributed by atoms with Crippen LogP contribution in [0.5, 0.6) is 0 Å². The maximum Gasteiger partial charge on any atom is 0.457 e. The van der Waals surface area contributed by atoms with Crippen molar-refractivity contribution in [1.82, 2.24) is 0 Å². The molecule has 2 radical (unpaired) electrons. The van der Waals surface area contributed by atoms with Gasteiger partial charge in [0.25, 0.3) is 0 Å². The van der Waals surface area contributed by atoms with Crippen LogP contribution in [-0.2, 0) is 93.6 Å². The molecule has 3 saturated carbocycles. The van der Waals surface area contributed by atoms with Crippen LogP contribution < -0.4 is 0 Å². The Labute approximate surface area is 479 Å². The fourth-order valence-corrected chi connectivity index (χ4v) is 11.7. The van der Waals surface area contributed by atoms with E-state index in [0.717, 1.165) is 96.0 Å². The van der Waals surface area contributed by atoms with Gasteiger partial charge in [-0.2, -0.15) is 3.89 Å². The van der Waals surface area contributed by atoms with E-state index >= 15 is 0 Å². The molecule has 3 heterocycles. The molecule has 0 spiro atoms. The molecule has 6 rings (SSSR count). The minimum atomic E-state index is -0.257. The smallest absolute Gasteiger partial charge is 0.457 e. The van der Waals surface area contributed by atoms with Crippen molar-refractivity contribution < 1.29 is 97.5 Å². The summed E-state index contributed by atoms with van der Waals surface area (Å²) in [6.07, 6.45) is 16.6. The molecule has 0 aromatic heterocycles. The molecule has 9 atom stereocenters. The minimum Gasteiger partial charge on any atom is -0.466 e. The van der Waals surface area contributed by atoms with Crippen LogP contribution in [-0.4, -0.2) is 98.9 Å². The quantitative estimate of drug-likeness (QED) is 0.0733. The molecule has 426 valence electrons. The van der Waals surface area contributed by atoms with Crippen LogP contribution in [0.15, 0.2) is 0 Å². The summed E-state index contributed by atoms with van der Waals surface area (Å²) in [4.78, 5) is 36.4. The van der Waals surface area contributed by atoms with Crippen LogP contribution in [0.2, 0.25) is 19.0 Å². The number of ether oxygens (including phenoxy) is 3. The Balaban J connectivity index is 0.000000533. The number of halogens is 1. The Kier molecular flexibility index (Phi) is 30.8. The molecule has 6 fully saturated rings. The van der Waals surface area contributed by atoms with Gasteiger partial charge in [-0.05, 0) is 197 Å².